The Hall–Kier alpha value is -2.20. The van der Waals surface area contributed by atoms with Gasteiger partial charge in [0.15, 0.2) is 0 Å². The molecule has 3 rings (SSSR count). The molecule has 1 atom stereocenters. The highest BCUT2D eigenvalue weighted by Crippen LogP contribution is 2.30. The first-order valence-corrected chi connectivity index (χ1v) is 6.15. The standard InChI is InChI=1S/C15H14FN3/c1-10(17)11-9-14-12(16)5-4-8-19(14)15(11)13-6-2-3-7-18-13/h2-10H,17H2,1H3. The van der Waals surface area contributed by atoms with Crippen molar-refractivity contribution in [1.29, 1.82) is 0 Å². The van der Waals surface area contributed by atoms with Gasteiger partial charge in [0.1, 0.15) is 5.82 Å². The Morgan fingerprint density at radius 2 is 2.11 bits per heavy atom. The van der Waals surface area contributed by atoms with E-state index in [1.54, 1.807) is 22.7 Å². The van der Waals surface area contributed by atoms with Crippen LogP contribution in [0.15, 0.2) is 48.8 Å². The minimum atomic E-state index is -0.258. The van der Waals surface area contributed by atoms with Crippen molar-refractivity contribution in [1.82, 2.24) is 9.38 Å². The lowest BCUT2D eigenvalue weighted by Gasteiger charge is -2.08. The molecule has 4 heteroatoms. The summed E-state index contributed by atoms with van der Waals surface area (Å²) in [4.78, 5) is 4.35. The van der Waals surface area contributed by atoms with Crippen LogP contribution in [0.2, 0.25) is 0 Å². The van der Waals surface area contributed by atoms with Crippen LogP contribution in [0.5, 0.6) is 0 Å². The average molecular weight is 255 g/mol. The molecule has 3 aromatic heterocycles. The predicted octanol–water partition coefficient (Wildman–Crippen LogP) is 3.16. The molecule has 0 spiro atoms. The molecule has 0 aliphatic carbocycles. The topological polar surface area (TPSA) is 43.3 Å². The van der Waals surface area contributed by atoms with Gasteiger partial charge in [0.05, 0.1) is 16.9 Å². The van der Waals surface area contributed by atoms with Crippen molar-refractivity contribution in [2.45, 2.75) is 13.0 Å². The summed E-state index contributed by atoms with van der Waals surface area (Å²) in [5, 5.41) is 0. The summed E-state index contributed by atoms with van der Waals surface area (Å²) in [7, 11) is 0. The third-order valence-electron chi connectivity index (χ3n) is 3.19. The summed E-state index contributed by atoms with van der Waals surface area (Å²) >= 11 is 0. The van der Waals surface area contributed by atoms with Crippen LogP contribution in [-0.4, -0.2) is 9.38 Å². The average Bonchev–Trinajstić information content (AvgIpc) is 2.81. The van der Waals surface area contributed by atoms with Crippen molar-refractivity contribution in [3.63, 3.8) is 0 Å². The minimum absolute atomic E-state index is 0.184. The van der Waals surface area contributed by atoms with Crippen LogP contribution < -0.4 is 5.73 Å². The predicted molar refractivity (Wildman–Crippen MR) is 73.2 cm³/mol. The zero-order chi connectivity index (χ0) is 13.4. The first-order chi connectivity index (χ1) is 9.18. The monoisotopic (exact) mass is 255 g/mol. The lowest BCUT2D eigenvalue weighted by molar-refractivity contribution is 0.633. The molecule has 2 N–H and O–H groups in total. The van der Waals surface area contributed by atoms with E-state index in [1.807, 2.05) is 31.3 Å². The largest absolute Gasteiger partial charge is 0.324 e. The Bertz CT molecular complexity index is 717. The molecule has 3 aromatic rings. The van der Waals surface area contributed by atoms with Crippen LogP contribution in [0, 0.1) is 5.82 Å². The molecule has 1 unspecified atom stereocenters. The number of hydrogen-bond donors (Lipinski definition) is 1. The quantitative estimate of drug-likeness (QED) is 0.764. The Morgan fingerprint density at radius 3 is 2.79 bits per heavy atom. The molecule has 0 fully saturated rings. The summed E-state index contributed by atoms with van der Waals surface area (Å²) in [5.74, 6) is -0.258. The van der Waals surface area contributed by atoms with E-state index in [1.165, 1.54) is 6.07 Å². The van der Waals surface area contributed by atoms with Gasteiger partial charge in [-0.3, -0.25) is 4.98 Å². The molecular weight excluding hydrogens is 241 g/mol. The number of rotatable bonds is 2. The van der Waals surface area contributed by atoms with Gasteiger partial charge in [0.2, 0.25) is 0 Å². The van der Waals surface area contributed by atoms with Crippen LogP contribution >= 0.6 is 0 Å². The number of aromatic nitrogens is 2. The van der Waals surface area contributed by atoms with Gasteiger partial charge in [-0.05, 0) is 42.8 Å². The zero-order valence-electron chi connectivity index (χ0n) is 10.5. The van der Waals surface area contributed by atoms with Gasteiger partial charge < -0.3 is 10.1 Å². The Labute approximate surface area is 110 Å². The lowest BCUT2D eigenvalue weighted by atomic mass is 10.1. The highest BCUT2D eigenvalue weighted by molar-refractivity contribution is 5.70. The molecule has 0 aliphatic heterocycles. The van der Waals surface area contributed by atoms with E-state index in [9.17, 15) is 4.39 Å². The summed E-state index contributed by atoms with van der Waals surface area (Å²) in [6.07, 6.45) is 3.55. The second-order valence-corrected chi connectivity index (χ2v) is 4.56. The molecule has 3 heterocycles. The van der Waals surface area contributed by atoms with Crippen molar-refractivity contribution in [3.05, 3.63) is 60.2 Å². The molecule has 0 saturated heterocycles. The highest BCUT2D eigenvalue weighted by atomic mass is 19.1. The zero-order valence-corrected chi connectivity index (χ0v) is 10.5. The summed E-state index contributed by atoms with van der Waals surface area (Å²) < 4.78 is 15.7. The van der Waals surface area contributed by atoms with Gasteiger partial charge >= 0.3 is 0 Å². The minimum Gasteiger partial charge on any atom is -0.324 e. The fraction of sp³-hybridized carbons (Fsp3) is 0.133. The molecule has 0 aliphatic rings. The third-order valence-corrected chi connectivity index (χ3v) is 3.19. The van der Waals surface area contributed by atoms with Gasteiger partial charge in [0.25, 0.3) is 0 Å². The fourth-order valence-corrected chi connectivity index (χ4v) is 2.30. The molecule has 0 amide bonds. The number of nitrogens with zero attached hydrogens (tertiary/aromatic N) is 2. The number of pyridine rings is 2. The number of nitrogens with two attached hydrogens (primary N) is 1. The van der Waals surface area contributed by atoms with Crippen molar-refractivity contribution in [2.75, 3.05) is 0 Å². The molecule has 0 bridgehead atoms. The Kier molecular flexibility index (Phi) is 2.80. The maximum Gasteiger partial charge on any atom is 0.147 e. The van der Waals surface area contributed by atoms with Gasteiger partial charge in [-0.2, -0.15) is 0 Å². The Balaban J connectivity index is 2.38. The summed E-state index contributed by atoms with van der Waals surface area (Å²) in [5.41, 5.74) is 9.06. The van der Waals surface area contributed by atoms with E-state index in [0.29, 0.717) is 5.52 Å². The maximum absolute atomic E-state index is 13.9. The second kappa shape index (κ2) is 4.48. The molecule has 0 aromatic carbocycles. The van der Waals surface area contributed by atoms with Crippen LogP contribution in [0.25, 0.3) is 16.9 Å². The van der Waals surface area contributed by atoms with E-state index >= 15 is 0 Å². The smallest absolute Gasteiger partial charge is 0.147 e. The van der Waals surface area contributed by atoms with Crippen LogP contribution in [0.3, 0.4) is 0 Å². The number of hydrogen-bond acceptors (Lipinski definition) is 2. The third kappa shape index (κ3) is 1.90. The molecular formula is C15H14FN3. The van der Waals surface area contributed by atoms with Gasteiger partial charge in [-0.15, -0.1) is 0 Å². The van der Waals surface area contributed by atoms with Gasteiger partial charge in [-0.1, -0.05) is 6.07 Å². The van der Waals surface area contributed by atoms with Crippen molar-refractivity contribution in [3.8, 4) is 11.4 Å². The van der Waals surface area contributed by atoms with E-state index in [-0.39, 0.29) is 11.9 Å². The van der Waals surface area contributed by atoms with Gasteiger partial charge in [-0.25, -0.2) is 4.39 Å². The first-order valence-electron chi connectivity index (χ1n) is 6.15. The van der Waals surface area contributed by atoms with Crippen LogP contribution in [0.1, 0.15) is 18.5 Å². The molecule has 0 saturated carbocycles. The highest BCUT2D eigenvalue weighted by Gasteiger charge is 2.17. The summed E-state index contributed by atoms with van der Waals surface area (Å²) in [6.45, 7) is 1.89. The van der Waals surface area contributed by atoms with Crippen molar-refractivity contribution >= 4 is 5.52 Å². The van der Waals surface area contributed by atoms with E-state index in [0.717, 1.165) is 17.0 Å². The van der Waals surface area contributed by atoms with E-state index in [4.69, 9.17) is 5.73 Å². The van der Waals surface area contributed by atoms with Crippen molar-refractivity contribution in [2.24, 2.45) is 5.73 Å². The SMILES string of the molecule is CC(N)c1cc2c(F)cccn2c1-c1ccccn1. The normalized spacial score (nSPS) is 12.8. The van der Waals surface area contributed by atoms with Crippen molar-refractivity contribution < 1.29 is 4.39 Å². The van der Waals surface area contributed by atoms with Crippen LogP contribution in [-0.2, 0) is 0 Å². The Morgan fingerprint density at radius 1 is 1.26 bits per heavy atom. The van der Waals surface area contributed by atoms with Gasteiger partial charge in [0, 0.05) is 18.4 Å². The summed E-state index contributed by atoms with van der Waals surface area (Å²) in [6, 6.07) is 10.4. The molecule has 19 heavy (non-hydrogen) atoms. The first kappa shape index (κ1) is 11.9. The maximum atomic E-state index is 13.9. The molecule has 96 valence electrons. The molecule has 0 radical (unpaired) electrons. The lowest BCUT2D eigenvalue weighted by Crippen LogP contribution is -2.06. The van der Waals surface area contributed by atoms with Crippen LogP contribution in [0.4, 0.5) is 4.39 Å². The number of fused-ring (bicyclic) bond motifs is 1. The number of halogens is 1. The molecule has 3 nitrogen and oxygen atoms in total. The van der Waals surface area contributed by atoms with E-state index in [2.05, 4.69) is 4.98 Å². The van der Waals surface area contributed by atoms with E-state index < -0.39 is 0 Å². The second-order valence-electron chi connectivity index (χ2n) is 4.56. The fourth-order valence-electron chi connectivity index (χ4n) is 2.30.